The summed E-state index contributed by atoms with van der Waals surface area (Å²) in [7, 11) is 2.21. The van der Waals surface area contributed by atoms with Gasteiger partial charge >= 0.3 is 0 Å². The highest BCUT2D eigenvalue weighted by molar-refractivity contribution is 6.30. The average molecular weight is 330 g/mol. The summed E-state index contributed by atoms with van der Waals surface area (Å²) in [5, 5.41) is 0.758. The first-order valence-corrected chi connectivity index (χ1v) is 8.74. The van der Waals surface area contributed by atoms with Gasteiger partial charge in [-0.05, 0) is 56.1 Å². The van der Waals surface area contributed by atoms with Crippen LogP contribution in [0.4, 0.5) is 0 Å². The molecule has 0 bridgehead atoms. The molecule has 0 radical (unpaired) electrons. The predicted octanol–water partition coefficient (Wildman–Crippen LogP) is 4.93. The van der Waals surface area contributed by atoms with E-state index < -0.39 is 0 Å². The van der Waals surface area contributed by atoms with Gasteiger partial charge in [0.05, 0.1) is 0 Å². The van der Waals surface area contributed by atoms with Crippen LogP contribution in [0.15, 0.2) is 54.6 Å². The topological polar surface area (TPSA) is 12.5 Å². The molecule has 3 rings (SSSR count). The zero-order valence-corrected chi connectivity index (χ0v) is 14.4. The van der Waals surface area contributed by atoms with E-state index in [0.717, 1.165) is 23.6 Å². The fourth-order valence-electron chi connectivity index (χ4n) is 3.32. The molecule has 23 heavy (non-hydrogen) atoms. The Bertz CT molecular complexity index is 599. The summed E-state index contributed by atoms with van der Waals surface area (Å²) in [6.45, 7) is 1.99. The monoisotopic (exact) mass is 329 g/mol. The Hall–Kier alpha value is -1.35. The lowest BCUT2D eigenvalue weighted by Gasteiger charge is -2.23. The molecule has 2 aromatic carbocycles. The largest absolute Gasteiger partial charge is 0.369 e. The van der Waals surface area contributed by atoms with Crippen molar-refractivity contribution in [3.63, 3.8) is 0 Å². The van der Waals surface area contributed by atoms with Gasteiger partial charge in [0.2, 0.25) is 0 Å². The molecule has 1 fully saturated rings. The molecule has 2 atom stereocenters. The maximum absolute atomic E-state index is 6.29. The number of halogens is 1. The minimum atomic E-state index is -0.0276. The van der Waals surface area contributed by atoms with Crippen molar-refractivity contribution in [2.75, 3.05) is 20.2 Å². The average Bonchev–Trinajstić information content (AvgIpc) is 2.99. The highest BCUT2D eigenvalue weighted by atomic mass is 35.5. The van der Waals surface area contributed by atoms with Crippen LogP contribution < -0.4 is 0 Å². The Morgan fingerprint density at radius 3 is 2.43 bits per heavy atom. The van der Waals surface area contributed by atoms with E-state index in [-0.39, 0.29) is 6.10 Å². The molecular weight excluding hydrogens is 306 g/mol. The third-order valence-electron chi connectivity index (χ3n) is 4.68. The first-order chi connectivity index (χ1) is 11.2. The van der Waals surface area contributed by atoms with Crippen LogP contribution >= 0.6 is 11.6 Å². The van der Waals surface area contributed by atoms with Gasteiger partial charge in [0.25, 0.3) is 0 Å². The summed E-state index contributed by atoms with van der Waals surface area (Å²) >= 11 is 6.02. The van der Waals surface area contributed by atoms with Crippen LogP contribution in [0.3, 0.4) is 0 Å². The van der Waals surface area contributed by atoms with Gasteiger partial charge in [-0.3, -0.25) is 0 Å². The van der Waals surface area contributed by atoms with Crippen LogP contribution in [-0.4, -0.2) is 31.1 Å². The zero-order chi connectivity index (χ0) is 16.1. The van der Waals surface area contributed by atoms with Crippen molar-refractivity contribution in [1.29, 1.82) is 0 Å². The number of benzene rings is 2. The molecule has 2 aromatic rings. The van der Waals surface area contributed by atoms with E-state index in [1.807, 2.05) is 18.2 Å². The second-order valence-electron chi connectivity index (χ2n) is 6.28. The van der Waals surface area contributed by atoms with E-state index in [1.54, 1.807) is 0 Å². The summed E-state index contributed by atoms with van der Waals surface area (Å²) in [5.74, 6) is 0. The fourth-order valence-corrected chi connectivity index (χ4v) is 3.44. The molecule has 0 aromatic heterocycles. The molecule has 1 aliphatic rings. The SMILES string of the molecule is CN1CCC[C@@H]1CCO[C@H](c1ccccc1)c1ccc(Cl)cc1. The van der Waals surface area contributed by atoms with Gasteiger partial charge in [-0.15, -0.1) is 0 Å². The van der Waals surface area contributed by atoms with Crippen molar-refractivity contribution in [3.05, 3.63) is 70.7 Å². The first kappa shape index (κ1) is 16.5. The van der Waals surface area contributed by atoms with Gasteiger partial charge in [0, 0.05) is 17.7 Å². The van der Waals surface area contributed by atoms with E-state index in [4.69, 9.17) is 16.3 Å². The van der Waals surface area contributed by atoms with Gasteiger partial charge in [-0.25, -0.2) is 0 Å². The van der Waals surface area contributed by atoms with Gasteiger partial charge < -0.3 is 9.64 Å². The molecule has 1 heterocycles. The van der Waals surface area contributed by atoms with E-state index in [1.165, 1.54) is 24.9 Å². The molecule has 2 nitrogen and oxygen atoms in total. The van der Waals surface area contributed by atoms with Crippen LogP contribution in [0, 0.1) is 0 Å². The van der Waals surface area contributed by atoms with Crippen LogP contribution in [0.1, 0.15) is 36.5 Å². The van der Waals surface area contributed by atoms with E-state index >= 15 is 0 Å². The second-order valence-corrected chi connectivity index (χ2v) is 6.71. The molecule has 122 valence electrons. The van der Waals surface area contributed by atoms with Crippen molar-refractivity contribution in [2.24, 2.45) is 0 Å². The number of ether oxygens (including phenoxy) is 1. The summed E-state index contributed by atoms with van der Waals surface area (Å²) in [6, 6.07) is 19.1. The lowest BCUT2D eigenvalue weighted by atomic mass is 10.0. The number of hydrogen-bond acceptors (Lipinski definition) is 2. The minimum Gasteiger partial charge on any atom is -0.369 e. The highest BCUT2D eigenvalue weighted by Crippen LogP contribution is 2.28. The van der Waals surface area contributed by atoms with Crippen LogP contribution in [0.25, 0.3) is 0 Å². The number of likely N-dealkylation sites (tertiary alicyclic amines) is 1. The maximum Gasteiger partial charge on any atom is 0.108 e. The van der Waals surface area contributed by atoms with Crippen molar-refractivity contribution in [2.45, 2.75) is 31.4 Å². The van der Waals surface area contributed by atoms with Crippen LogP contribution in [-0.2, 0) is 4.74 Å². The normalized spacial score (nSPS) is 19.8. The summed E-state index contributed by atoms with van der Waals surface area (Å²) in [5.41, 5.74) is 2.34. The first-order valence-electron chi connectivity index (χ1n) is 8.36. The molecule has 0 unspecified atom stereocenters. The molecule has 3 heteroatoms. The van der Waals surface area contributed by atoms with E-state index in [0.29, 0.717) is 6.04 Å². The second kappa shape index (κ2) is 7.96. The zero-order valence-electron chi connectivity index (χ0n) is 13.6. The Kier molecular flexibility index (Phi) is 5.71. The fraction of sp³-hybridized carbons (Fsp3) is 0.400. The molecule has 0 spiro atoms. The third-order valence-corrected chi connectivity index (χ3v) is 4.93. The summed E-state index contributed by atoms with van der Waals surface area (Å²) < 4.78 is 6.29. The number of nitrogens with zero attached hydrogens (tertiary/aromatic N) is 1. The van der Waals surface area contributed by atoms with Crippen molar-refractivity contribution >= 4 is 11.6 Å². The van der Waals surface area contributed by atoms with Crippen molar-refractivity contribution in [3.8, 4) is 0 Å². The van der Waals surface area contributed by atoms with Crippen molar-refractivity contribution in [1.82, 2.24) is 4.90 Å². The van der Waals surface area contributed by atoms with Crippen molar-refractivity contribution < 1.29 is 4.74 Å². The van der Waals surface area contributed by atoms with Crippen LogP contribution in [0.5, 0.6) is 0 Å². The van der Waals surface area contributed by atoms with Gasteiger partial charge in [-0.2, -0.15) is 0 Å². The molecule has 1 aliphatic heterocycles. The Morgan fingerprint density at radius 2 is 1.78 bits per heavy atom. The number of rotatable bonds is 6. The standard InChI is InChI=1S/C20H24ClNO/c1-22-14-5-8-19(22)13-15-23-20(16-6-3-2-4-7-16)17-9-11-18(21)12-10-17/h2-4,6-7,9-12,19-20H,5,8,13-15H2,1H3/t19-,20-/m1/s1. The Balaban J connectivity index is 1.69. The summed E-state index contributed by atoms with van der Waals surface area (Å²) in [4.78, 5) is 2.45. The minimum absolute atomic E-state index is 0.0276. The maximum atomic E-state index is 6.29. The van der Waals surface area contributed by atoms with E-state index in [2.05, 4.69) is 48.3 Å². The molecule has 0 N–H and O–H groups in total. The van der Waals surface area contributed by atoms with Crippen LogP contribution in [0.2, 0.25) is 5.02 Å². The third kappa shape index (κ3) is 4.35. The Labute approximate surface area is 144 Å². The van der Waals surface area contributed by atoms with Gasteiger partial charge in [0.15, 0.2) is 0 Å². The highest BCUT2D eigenvalue weighted by Gasteiger charge is 2.21. The lowest BCUT2D eigenvalue weighted by molar-refractivity contribution is 0.0661. The lowest BCUT2D eigenvalue weighted by Crippen LogP contribution is -2.26. The van der Waals surface area contributed by atoms with Gasteiger partial charge in [0.1, 0.15) is 6.10 Å². The smallest absolute Gasteiger partial charge is 0.108 e. The predicted molar refractivity (Wildman–Crippen MR) is 96.0 cm³/mol. The molecule has 0 amide bonds. The molecule has 0 aliphatic carbocycles. The summed E-state index contributed by atoms with van der Waals surface area (Å²) in [6.07, 6.45) is 3.66. The molecular formula is C20H24ClNO. The quantitative estimate of drug-likeness (QED) is 0.745. The molecule has 1 saturated heterocycles. The Morgan fingerprint density at radius 1 is 1.09 bits per heavy atom. The van der Waals surface area contributed by atoms with E-state index in [9.17, 15) is 0 Å². The number of hydrogen-bond donors (Lipinski definition) is 0. The molecule has 0 saturated carbocycles. The van der Waals surface area contributed by atoms with Gasteiger partial charge in [-0.1, -0.05) is 54.1 Å².